The molecular weight excluding hydrogens is 314 g/mol. The van der Waals surface area contributed by atoms with Gasteiger partial charge in [0.05, 0.1) is 0 Å². The summed E-state index contributed by atoms with van der Waals surface area (Å²) in [4.78, 5) is 14.0. The van der Waals surface area contributed by atoms with Gasteiger partial charge in [-0.05, 0) is 76.1 Å². The van der Waals surface area contributed by atoms with Crippen LogP contribution in [0, 0.1) is 23.2 Å². The summed E-state index contributed by atoms with van der Waals surface area (Å²) in [5.41, 5.74) is 0.878. The number of phenolic OH excluding ortho intramolecular Hbond substituents is 1. The SMILES string of the molecule is CC(C)(C)OC(=O)N1CCC2(CC1)CC(C#Cc1ccc(O)cc1)C2. The standard InChI is InChI=1S/C21H27NO3/c1-20(2,3)25-19(24)22-12-10-21(11-13-22)14-17(15-21)5-4-16-6-8-18(23)9-7-16/h6-9,17,23H,10-15H2,1-3H3. The van der Waals surface area contributed by atoms with E-state index in [2.05, 4.69) is 11.8 Å². The first kappa shape index (κ1) is 17.7. The van der Waals surface area contributed by atoms with E-state index in [0.717, 1.165) is 44.3 Å². The molecule has 4 heteroatoms. The van der Waals surface area contributed by atoms with Gasteiger partial charge in [-0.25, -0.2) is 4.79 Å². The molecule has 0 atom stereocenters. The van der Waals surface area contributed by atoms with Crippen molar-refractivity contribution in [2.24, 2.45) is 11.3 Å². The number of ether oxygens (including phenoxy) is 1. The molecule has 2 aliphatic rings. The molecule has 0 radical (unpaired) electrons. The number of amides is 1. The number of nitrogens with zero attached hydrogens (tertiary/aromatic N) is 1. The quantitative estimate of drug-likeness (QED) is 0.721. The summed E-state index contributed by atoms with van der Waals surface area (Å²) in [6, 6.07) is 7.02. The zero-order chi connectivity index (χ0) is 18.1. The average molecular weight is 341 g/mol. The molecule has 1 aliphatic heterocycles. The number of aromatic hydroxyl groups is 1. The molecule has 1 aromatic rings. The number of benzene rings is 1. The van der Waals surface area contributed by atoms with Gasteiger partial charge in [-0.15, -0.1) is 0 Å². The second kappa shape index (κ2) is 6.63. The molecule has 1 amide bonds. The van der Waals surface area contributed by atoms with E-state index in [4.69, 9.17) is 4.74 Å². The van der Waals surface area contributed by atoms with Gasteiger partial charge in [0.2, 0.25) is 0 Å². The van der Waals surface area contributed by atoms with Gasteiger partial charge < -0.3 is 14.7 Å². The highest BCUT2D eigenvalue weighted by Crippen LogP contribution is 2.52. The highest BCUT2D eigenvalue weighted by molar-refractivity contribution is 5.68. The molecule has 3 rings (SSSR count). The number of piperidine rings is 1. The van der Waals surface area contributed by atoms with Crippen LogP contribution in [0.1, 0.15) is 52.0 Å². The van der Waals surface area contributed by atoms with Crippen LogP contribution in [0.25, 0.3) is 0 Å². The molecule has 1 saturated carbocycles. The van der Waals surface area contributed by atoms with Gasteiger partial charge in [0.1, 0.15) is 11.4 Å². The van der Waals surface area contributed by atoms with Crippen LogP contribution in [0.3, 0.4) is 0 Å². The number of hydrogen-bond donors (Lipinski definition) is 1. The molecule has 1 heterocycles. The third-order valence-electron chi connectivity index (χ3n) is 5.12. The predicted octanol–water partition coefficient (Wildman–Crippen LogP) is 4.17. The Bertz CT molecular complexity index is 675. The van der Waals surface area contributed by atoms with E-state index in [9.17, 15) is 9.90 Å². The fourth-order valence-electron chi connectivity index (χ4n) is 3.72. The van der Waals surface area contributed by atoms with E-state index in [1.807, 2.05) is 37.8 Å². The molecule has 2 fully saturated rings. The highest BCUT2D eigenvalue weighted by Gasteiger charge is 2.46. The second-order valence-corrected chi connectivity index (χ2v) is 8.39. The third kappa shape index (κ3) is 4.48. The molecule has 4 nitrogen and oxygen atoms in total. The maximum atomic E-state index is 12.1. The summed E-state index contributed by atoms with van der Waals surface area (Å²) < 4.78 is 5.46. The van der Waals surface area contributed by atoms with Gasteiger partial charge >= 0.3 is 6.09 Å². The predicted molar refractivity (Wildman–Crippen MR) is 97.2 cm³/mol. The fraction of sp³-hybridized carbons (Fsp3) is 0.571. The van der Waals surface area contributed by atoms with Crippen molar-refractivity contribution in [1.29, 1.82) is 0 Å². The van der Waals surface area contributed by atoms with Gasteiger partial charge in [-0.3, -0.25) is 0 Å². The van der Waals surface area contributed by atoms with Gasteiger partial charge in [-0.1, -0.05) is 11.8 Å². The number of likely N-dealkylation sites (tertiary alicyclic amines) is 1. The molecule has 134 valence electrons. The van der Waals surface area contributed by atoms with E-state index < -0.39 is 5.60 Å². The highest BCUT2D eigenvalue weighted by atomic mass is 16.6. The maximum Gasteiger partial charge on any atom is 0.410 e. The molecule has 0 unspecified atom stereocenters. The van der Waals surface area contributed by atoms with Gasteiger partial charge in [-0.2, -0.15) is 0 Å². The van der Waals surface area contributed by atoms with Crippen molar-refractivity contribution in [3.63, 3.8) is 0 Å². The molecule has 0 bridgehead atoms. The van der Waals surface area contributed by atoms with Crippen LogP contribution in [0.4, 0.5) is 4.79 Å². The third-order valence-corrected chi connectivity index (χ3v) is 5.12. The maximum absolute atomic E-state index is 12.1. The molecule has 1 aliphatic carbocycles. The molecular formula is C21H27NO3. The van der Waals surface area contributed by atoms with E-state index in [1.54, 1.807) is 12.1 Å². The Labute approximate surface area is 150 Å². The lowest BCUT2D eigenvalue weighted by molar-refractivity contribution is -0.0157. The minimum absolute atomic E-state index is 0.189. The van der Waals surface area contributed by atoms with E-state index in [0.29, 0.717) is 11.3 Å². The van der Waals surface area contributed by atoms with Crippen molar-refractivity contribution in [1.82, 2.24) is 4.90 Å². The second-order valence-electron chi connectivity index (χ2n) is 8.39. The Morgan fingerprint density at radius 3 is 2.36 bits per heavy atom. The van der Waals surface area contributed by atoms with Crippen LogP contribution in [-0.2, 0) is 4.74 Å². The summed E-state index contributed by atoms with van der Waals surface area (Å²) in [7, 11) is 0. The van der Waals surface area contributed by atoms with Crippen LogP contribution in [0.5, 0.6) is 5.75 Å². The summed E-state index contributed by atoms with van der Waals surface area (Å²) in [6.07, 6.45) is 4.15. The fourth-order valence-corrected chi connectivity index (χ4v) is 3.72. The van der Waals surface area contributed by atoms with Gasteiger partial charge in [0, 0.05) is 24.6 Å². The Kier molecular flexibility index (Phi) is 4.69. The Morgan fingerprint density at radius 2 is 1.80 bits per heavy atom. The first-order valence-corrected chi connectivity index (χ1v) is 9.03. The van der Waals surface area contributed by atoms with E-state index >= 15 is 0 Å². The average Bonchev–Trinajstić information content (AvgIpc) is 2.51. The topological polar surface area (TPSA) is 49.8 Å². The number of carbonyl (C=O) groups is 1. The number of hydrogen-bond acceptors (Lipinski definition) is 3. The summed E-state index contributed by atoms with van der Waals surface area (Å²) >= 11 is 0. The number of rotatable bonds is 0. The van der Waals surface area contributed by atoms with Gasteiger partial charge in [0.25, 0.3) is 0 Å². The van der Waals surface area contributed by atoms with Crippen molar-refractivity contribution >= 4 is 6.09 Å². The molecule has 1 aromatic carbocycles. The lowest BCUT2D eigenvalue weighted by atomic mass is 9.58. The number of phenols is 1. The monoisotopic (exact) mass is 341 g/mol. The van der Waals surface area contributed by atoms with Crippen LogP contribution >= 0.6 is 0 Å². The molecule has 25 heavy (non-hydrogen) atoms. The lowest BCUT2D eigenvalue weighted by Crippen LogP contribution is -2.49. The van der Waals surface area contributed by atoms with Crippen LogP contribution in [0.15, 0.2) is 24.3 Å². The Hall–Kier alpha value is -2.15. The largest absolute Gasteiger partial charge is 0.508 e. The minimum atomic E-state index is -0.433. The molecule has 1 spiro atoms. The smallest absolute Gasteiger partial charge is 0.410 e. The van der Waals surface area contributed by atoms with Crippen molar-refractivity contribution in [3.05, 3.63) is 29.8 Å². The van der Waals surface area contributed by atoms with Crippen molar-refractivity contribution in [3.8, 4) is 17.6 Å². The van der Waals surface area contributed by atoms with Crippen molar-refractivity contribution < 1.29 is 14.6 Å². The van der Waals surface area contributed by atoms with E-state index in [1.165, 1.54) is 0 Å². The summed E-state index contributed by atoms with van der Waals surface area (Å²) in [5.74, 6) is 7.27. The first-order valence-electron chi connectivity index (χ1n) is 9.03. The summed E-state index contributed by atoms with van der Waals surface area (Å²) in [6.45, 7) is 7.28. The van der Waals surface area contributed by atoms with Crippen LogP contribution in [0.2, 0.25) is 0 Å². The minimum Gasteiger partial charge on any atom is -0.508 e. The Morgan fingerprint density at radius 1 is 1.20 bits per heavy atom. The molecule has 1 N–H and O–H groups in total. The van der Waals surface area contributed by atoms with Crippen molar-refractivity contribution in [2.75, 3.05) is 13.1 Å². The normalized spacial score (nSPS) is 19.7. The van der Waals surface area contributed by atoms with Crippen LogP contribution in [-0.4, -0.2) is 34.8 Å². The van der Waals surface area contributed by atoms with E-state index in [-0.39, 0.29) is 11.8 Å². The van der Waals surface area contributed by atoms with Gasteiger partial charge in [0.15, 0.2) is 0 Å². The molecule has 1 saturated heterocycles. The first-order chi connectivity index (χ1) is 11.7. The van der Waals surface area contributed by atoms with Crippen molar-refractivity contribution in [2.45, 2.75) is 52.1 Å². The summed E-state index contributed by atoms with van der Waals surface area (Å²) in [5, 5.41) is 9.30. The molecule has 0 aromatic heterocycles. The Balaban J connectivity index is 1.47. The zero-order valence-electron chi connectivity index (χ0n) is 15.3. The lowest BCUT2D eigenvalue weighted by Gasteiger charge is -2.50. The zero-order valence-corrected chi connectivity index (χ0v) is 15.3. The van der Waals surface area contributed by atoms with Crippen LogP contribution < -0.4 is 0 Å². The number of carbonyl (C=O) groups excluding carboxylic acids is 1.